The van der Waals surface area contributed by atoms with Crippen molar-refractivity contribution in [3.63, 3.8) is 0 Å². The van der Waals surface area contributed by atoms with Gasteiger partial charge < -0.3 is 5.11 Å². The van der Waals surface area contributed by atoms with E-state index in [0.717, 1.165) is 12.0 Å². The first-order chi connectivity index (χ1) is 8.89. The van der Waals surface area contributed by atoms with Gasteiger partial charge in [0.2, 0.25) is 10.0 Å². The summed E-state index contributed by atoms with van der Waals surface area (Å²) in [4.78, 5) is 0. The molecular formula is C14H23NO3S. The van der Waals surface area contributed by atoms with Crippen LogP contribution in [0.4, 0.5) is 0 Å². The molecule has 0 heterocycles. The molecule has 0 saturated carbocycles. The van der Waals surface area contributed by atoms with Gasteiger partial charge in [0, 0.05) is 6.54 Å². The summed E-state index contributed by atoms with van der Waals surface area (Å²) in [6.07, 6.45) is 0.643. The van der Waals surface area contributed by atoms with Crippen LogP contribution in [0.1, 0.15) is 25.8 Å². The van der Waals surface area contributed by atoms with E-state index in [1.807, 2.05) is 44.2 Å². The van der Waals surface area contributed by atoms with Crippen molar-refractivity contribution in [1.82, 2.24) is 4.72 Å². The summed E-state index contributed by atoms with van der Waals surface area (Å²) in [5.41, 5.74) is 1.14. The second-order valence-corrected chi connectivity index (χ2v) is 7.05. The van der Waals surface area contributed by atoms with Crippen molar-refractivity contribution in [3.8, 4) is 0 Å². The van der Waals surface area contributed by atoms with Crippen LogP contribution in [0.25, 0.3) is 0 Å². The van der Waals surface area contributed by atoms with Gasteiger partial charge in [0.15, 0.2) is 0 Å². The number of aliphatic hydroxyl groups excluding tert-OH is 1. The van der Waals surface area contributed by atoms with E-state index in [1.54, 1.807) is 0 Å². The van der Waals surface area contributed by atoms with E-state index in [-0.39, 0.29) is 18.2 Å². The lowest BCUT2D eigenvalue weighted by Crippen LogP contribution is -2.35. The fourth-order valence-corrected chi connectivity index (χ4v) is 3.24. The smallest absolute Gasteiger partial charge is 0.211 e. The Labute approximate surface area is 115 Å². The van der Waals surface area contributed by atoms with Crippen LogP contribution in [0.5, 0.6) is 0 Å². The molecule has 108 valence electrons. The highest BCUT2D eigenvalue weighted by Crippen LogP contribution is 2.05. The standard InChI is InChI=1S/C14H23NO3S/c1-12(2)11-19(17,18)15-10-14(16)9-8-13-6-4-3-5-7-13/h3-7,12,14-16H,8-11H2,1-2H3. The van der Waals surface area contributed by atoms with Crippen LogP contribution in [-0.2, 0) is 16.4 Å². The van der Waals surface area contributed by atoms with E-state index < -0.39 is 16.1 Å². The van der Waals surface area contributed by atoms with Gasteiger partial charge in [-0.15, -0.1) is 0 Å². The molecule has 4 nitrogen and oxygen atoms in total. The van der Waals surface area contributed by atoms with Gasteiger partial charge in [0.1, 0.15) is 0 Å². The normalized spacial score (nSPS) is 13.7. The summed E-state index contributed by atoms with van der Waals surface area (Å²) < 4.78 is 25.6. The lowest BCUT2D eigenvalue weighted by molar-refractivity contribution is 0.168. The molecule has 2 N–H and O–H groups in total. The van der Waals surface area contributed by atoms with Crippen LogP contribution >= 0.6 is 0 Å². The Bertz CT molecular complexity index is 457. The number of sulfonamides is 1. The summed E-state index contributed by atoms with van der Waals surface area (Å²) in [6.45, 7) is 3.79. The highest BCUT2D eigenvalue weighted by Gasteiger charge is 2.14. The van der Waals surface area contributed by atoms with E-state index >= 15 is 0 Å². The van der Waals surface area contributed by atoms with E-state index in [9.17, 15) is 13.5 Å². The van der Waals surface area contributed by atoms with Crippen LogP contribution < -0.4 is 4.72 Å². The third-order valence-electron chi connectivity index (χ3n) is 2.70. The highest BCUT2D eigenvalue weighted by atomic mass is 32.2. The number of aliphatic hydroxyl groups is 1. The summed E-state index contributed by atoms with van der Waals surface area (Å²) >= 11 is 0. The topological polar surface area (TPSA) is 66.4 Å². The van der Waals surface area contributed by atoms with Crippen molar-refractivity contribution in [2.45, 2.75) is 32.8 Å². The average molecular weight is 285 g/mol. The number of hydrogen-bond donors (Lipinski definition) is 2. The maximum Gasteiger partial charge on any atom is 0.211 e. The zero-order valence-electron chi connectivity index (χ0n) is 11.5. The molecular weight excluding hydrogens is 262 g/mol. The van der Waals surface area contributed by atoms with Gasteiger partial charge in [-0.05, 0) is 24.3 Å². The summed E-state index contributed by atoms with van der Waals surface area (Å²) in [5.74, 6) is 0.178. The minimum Gasteiger partial charge on any atom is -0.392 e. The van der Waals surface area contributed by atoms with Gasteiger partial charge in [0.25, 0.3) is 0 Å². The molecule has 0 aliphatic carbocycles. The Hall–Kier alpha value is -0.910. The first-order valence-corrected chi connectivity index (χ1v) is 8.23. The average Bonchev–Trinajstić information content (AvgIpc) is 2.34. The van der Waals surface area contributed by atoms with Crippen LogP contribution in [0.2, 0.25) is 0 Å². The molecule has 1 unspecified atom stereocenters. The Kier molecular flexibility index (Phi) is 6.48. The largest absolute Gasteiger partial charge is 0.392 e. The first-order valence-electron chi connectivity index (χ1n) is 6.58. The van der Waals surface area contributed by atoms with Gasteiger partial charge >= 0.3 is 0 Å². The molecule has 0 spiro atoms. The molecule has 1 aromatic rings. The first kappa shape index (κ1) is 16.1. The number of aryl methyl sites for hydroxylation is 1. The molecule has 5 heteroatoms. The van der Waals surface area contributed by atoms with Gasteiger partial charge in [-0.25, -0.2) is 13.1 Å². The predicted octanol–water partition coefficient (Wildman–Crippen LogP) is 1.56. The van der Waals surface area contributed by atoms with Crippen molar-refractivity contribution in [1.29, 1.82) is 0 Å². The molecule has 0 radical (unpaired) electrons. The molecule has 0 saturated heterocycles. The quantitative estimate of drug-likeness (QED) is 0.761. The van der Waals surface area contributed by atoms with Crippen LogP contribution in [0.15, 0.2) is 30.3 Å². The Morgan fingerprint density at radius 2 is 1.84 bits per heavy atom. The van der Waals surface area contributed by atoms with Crippen molar-refractivity contribution in [2.75, 3.05) is 12.3 Å². The Morgan fingerprint density at radius 1 is 1.21 bits per heavy atom. The predicted molar refractivity (Wildman–Crippen MR) is 77.4 cm³/mol. The van der Waals surface area contributed by atoms with Crippen molar-refractivity contribution < 1.29 is 13.5 Å². The van der Waals surface area contributed by atoms with E-state index in [1.165, 1.54) is 0 Å². The molecule has 0 aromatic heterocycles. The molecule has 0 aliphatic rings. The highest BCUT2D eigenvalue weighted by molar-refractivity contribution is 7.89. The number of rotatable bonds is 8. The Balaban J connectivity index is 2.30. The lowest BCUT2D eigenvalue weighted by Gasteiger charge is -2.13. The SMILES string of the molecule is CC(C)CS(=O)(=O)NCC(O)CCc1ccccc1. The zero-order valence-corrected chi connectivity index (χ0v) is 12.4. The molecule has 0 aliphatic heterocycles. The number of nitrogens with one attached hydrogen (secondary N) is 1. The molecule has 0 fully saturated rings. The van der Waals surface area contributed by atoms with Crippen molar-refractivity contribution in [3.05, 3.63) is 35.9 Å². The maximum atomic E-state index is 11.6. The lowest BCUT2D eigenvalue weighted by atomic mass is 10.1. The summed E-state index contributed by atoms with van der Waals surface area (Å²) in [5, 5.41) is 9.78. The van der Waals surface area contributed by atoms with E-state index in [4.69, 9.17) is 0 Å². The summed E-state index contributed by atoms with van der Waals surface area (Å²) in [7, 11) is -3.27. The fourth-order valence-electron chi connectivity index (χ4n) is 1.80. The van der Waals surface area contributed by atoms with Gasteiger partial charge in [0.05, 0.1) is 11.9 Å². The second-order valence-electron chi connectivity index (χ2n) is 5.20. The fraction of sp³-hybridized carbons (Fsp3) is 0.571. The Morgan fingerprint density at radius 3 is 2.42 bits per heavy atom. The minimum absolute atomic E-state index is 0.0824. The van der Waals surface area contributed by atoms with Gasteiger partial charge in [-0.2, -0.15) is 0 Å². The summed E-state index contributed by atoms with van der Waals surface area (Å²) in [6, 6.07) is 9.84. The van der Waals surface area contributed by atoms with Crippen LogP contribution in [0.3, 0.4) is 0 Å². The molecule has 1 atom stereocenters. The van der Waals surface area contributed by atoms with Gasteiger partial charge in [-0.1, -0.05) is 44.2 Å². The molecule has 0 bridgehead atoms. The van der Waals surface area contributed by atoms with Crippen LogP contribution in [-0.4, -0.2) is 31.9 Å². The number of benzene rings is 1. The third-order valence-corrected chi connectivity index (χ3v) is 4.41. The molecule has 0 amide bonds. The van der Waals surface area contributed by atoms with Gasteiger partial charge in [-0.3, -0.25) is 0 Å². The monoisotopic (exact) mass is 285 g/mol. The maximum absolute atomic E-state index is 11.6. The molecule has 1 aromatic carbocycles. The minimum atomic E-state index is -3.27. The zero-order chi connectivity index (χ0) is 14.3. The van der Waals surface area contributed by atoms with Crippen molar-refractivity contribution >= 4 is 10.0 Å². The third kappa shape index (κ3) is 7.30. The van der Waals surface area contributed by atoms with E-state index in [0.29, 0.717) is 6.42 Å². The van der Waals surface area contributed by atoms with E-state index in [2.05, 4.69) is 4.72 Å². The number of hydrogen-bond acceptors (Lipinski definition) is 3. The second kappa shape index (κ2) is 7.62. The van der Waals surface area contributed by atoms with Crippen molar-refractivity contribution in [2.24, 2.45) is 5.92 Å². The van der Waals surface area contributed by atoms with Crippen LogP contribution in [0, 0.1) is 5.92 Å². The molecule has 19 heavy (non-hydrogen) atoms. The molecule has 1 rings (SSSR count).